The van der Waals surface area contributed by atoms with Gasteiger partial charge in [-0.05, 0) is 31.4 Å². The predicted octanol–water partition coefficient (Wildman–Crippen LogP) is 5.80. The number of carbonyl (C=O) groups is 2. The molecule has 1 heterocycles. The second-order valence-electron chi connectivity index (χ2n) is 9.55. The van der Waals surface area contributed by atoms with Crippen LogP contribution in [0.15, 0.2) is 60.7 Å². The summed E-state index contributed by atoms with van der Waals surface area (Å²) in [6.07, 6.45) is 0.369. The molecule has 0 unspecified atom stereocenters. The Bertz CT molecular complexity index is 1120. The number of nitrogens with zero attached hydrogens (tertiary/aromatic N) is 3. The van der Waals surface area contributed by atoms with Crippen LogP contribution in [0.4, 0.5) is 5.82 Å². The van der Waals surface area contributed by atoms with Crippen LogP contribution < -0.4 is 5.32 Å². The van der Waals surface area contributed by atoms with E-state index in [1.165, 1.54) is 0 Å². The molecule has 2 amide bonds. The molecule has 0 aliphatic rings. The average molecular weight is 467 g/mol. The molecule has 0 spiro atoms. The fourth-order valence-electron chi connectivity index (χ4n) is 3.48. The summed E-state index contributed by atoms with van der Waals surface area (Å²) in [7, 11) is 0. The Morgan fingerprint density at radius 3 is 2.30 bits per heavy atom. The lowest BCUT2D eigenvalue weighted by Gasteiger charge is -2.29. The maximum absolute atomic E-state index is 13.0. The number of amides is 2. The Labute approximate surface area is 200 Å². The molecule has 0 radical (unpaired) electrons. The minimum atomic E-state index is -0.293. The van der Waals surface area contributed by atoms with Gasteiger partial charge in [-0.15, -0.1) is 0 Å². The molecule has 2 aromatic carbocycles. The van der Waals surface area contributed by atoms with Gasteiger partial charge in [-0.3, -0.25) is 9.59 Å². The van der Waals surface area contributed by atoms with Crippen molar-refractivity contribution in [2.24, 2.45) is 5.41 Å². The highest BCUT2D eigenvalue weighted by atomic mass is 35.5. The minimum Gasteiger partial charge on any atom is -0.331 e. The Balaban J connectivity index is 1.90. The second-order valence-corrected chi connectivity index (χ2v) is 9.95. The van der Waals surface area contributed by atoms with Gasteiger partial charge in [0.1, 0.15) is 12.4 Å². The highest BCUT2D eigenvalue weighted by Crippen LogP contribution is 2.28. The first kappa shape index (κ1) is 24.5. The van der Waals surface area contributed by atoms with E-state index >= 15 is 0 Å². The first-order valence-electron chi connectivity index (χ1n) is 11.0. The normalized spacial score (nSPS) is 11.5. The summed E-state index contributed by atoms with van der Waals surface area (Å²) in [6.45, 7) is 9.82. The van der Waals surface area contributed by atoms with E-state index in [9.17, 15) is 9.59 Å². The van der Waals surface area contributed by atoms with Gasteiger partial charge in [0.25, 0.3) is 0 Å². The van der Waals surface area contributed by atoms with Gasteiger partial charge in [0.15, 0.2) is 0 Å². The van der Waals surface area contributed by atoms with Gasteiger partial charge in [-0.2, -0.15) is 5.10 Å². The molecule has 1 N–H and O–H groups in total. The van der Waals surface area contributed by atoms with Crippen molar-refractivity contribution in [2.45, 2.75) is 47.1 Å². The molecule has 3 aromatic rings. The van der Waals surface area contributed by atoms with Crippen LogP contribution >= 0.6 is 11.6 Å². The largest absolute Gasteiger partial charge is 0.331 e. The number of halogens is 1. The topological polar surface area (TPSA) is 67.2 Å². The fraction of sp³-hybridized carbons (Fsp3) is 0.346. The molecule has 0 fully saturated rings. The van der Waals surface area contributed by atoms with Crippen molar-refractivity contribution in [2.75, 3.05) is 11.9 Å². The van der Waals surface area contributed by atoms with Crippen molar-refractivity contribution in [1.29, 1.82) is 0 Å². The van der Waals surface area contributed by atoms with Gasteiger partial charge in [-0.1, -0.05) is 74.8 Å². The van der Waals surface area contributed by atoms with E-state index in [2.05, 4.69) is 5.32 Å². The van der Waals surface area contributed by atoms with Crippen molar-refractivity contribution in [3.63, 3.8) is 0 Å². The molecular weight excluding hydrogens is 436 g/mol. The third kappa shape index (κ3) is 6.45. The molecule has 33 heavy (non-hydrogen) atoms. The number of hydrogen-bond acceptors (Lipinski definition) is 3. The van der Waals surface area contributed by atoms with Crippen molar-refractivity contribution in [1.82, 2.24) is 14.7 Å². The Morgan fingerprint density at radius 1 is 1.06 bits per heavy atom. The summed E-state index contributed by atoms with van der Waals surface area (Å²) in [5.74, 6) is 0.148. The van der Waals surface area contributed by atoms with E-state index in [1.807, 2.05) is 89.2 Å². The van der Waals surface area contributed by atoms with Gasteiger partial charge in [-0.25, -0.2) is 4.68 Å². The van der Waals surface area contributed by atoms with Gasteiger partial charge >= 0.3 is 0 Å². The number of anilines is 1. The van der Waals surface area contributed by atoms with Crippen molar-refractivity contribution in [3.8, 4) is 16.9 Å². The highest BCUT2D eigenvalue weighted by molar-refractivity contribution is 6.32. The van der Waals surface area contributed by atoms with Crippen LogP contribution in [-0.4, -0.2) is 39.1 Å². The molecule has 7 heteroatoms. The third-order valence-corrected chi connectivity index (χ3v) is 5.39. The number of carbonyl (C=O) groups excluding carboxylic acids is 2. The summed E-state index contributed by atoms with van der Waals surface area (Å²) >= 11 is 6.43. The maximum atomic E-state index is 13.0. The molecule has 0 atom stereocenters. The lowest BCUT2D eigenvalue weighted by atomic mass is 9.91. The van der Waals surface area contributed by atoms with E-state index in [1.54, 1.807) is 15.6 Å². The van der Waals surface area contributed by atoms with Crippen LogP contribution in [0.2, 0.25) is 5.02 Å². The zero-order chi connectivity index (χ0) is 24.2. The van der Waals surface area contributed by atoms with Crippen molar-refractivity contribution < 1.29 is 9.59 Å². The van der Waals surface area contributed by atoms with Crippen LogP contribution in [0.3, 0.4) is 0 Å². The van der Waals surface area contributed by atoms with Crippen LogP contribution in [0.1, 0.15) is 41.0 Å². The molecule has 174 valence electrons. The quantitative estimate of drug-likeness (QED) is 0.478. The molecular formula is C26H31ClN4O2. The molecule has 0 saturated carbocycles. The lowest BCUT2D eigenvalue weighted by Crippen LogP contribution is -2.43. The first-order chi connectivity index (χ1) is 15.5. The average Bonchev–Trinajstić information content (AvgIpc) is 3.15. The van der Waals surface area contributed by atoms with Gasteiger partial charge in [0.05, 0.1) is 16.4 Å². The Hall–Kier alpha value is -3.12. The molecule has 1 aromatic heterocycles. The number of hydrogen-bond donors (Lipinski definition) is 1. The predicted molar refractivity (Wildman–Crippen MR) is 134 cm³/mol. The maximum Gasteiger partial charge on any atom is 0.245 e. The van der Waals surface area contributed by atoms with Crippen LogP contribution in [-0.2, 0) is 9.59 Å². The Kier molecular flexibility index (Phi) is 7.59. The fourth-order valence-corrected chi connectivity index (χ4v) is 3.69. The molecule has 0 aliphatic heterocycles. The SMILES string of the molecule is CC(C)N(CC(=O)Nc1cc(-c2ccccc2)nn1-c1ccccc1Cl)C(=O)CC(C)(C)C. The molecule has 0 bridgehead atoms. The van der Waals surface area contributed by atoms with E-state index in [-0.39, 0.29) is 29.8 Å². The summed E-state index contributed by atoms with van der Waals surface area (Å²) in [5.41, 5.74) is 2.12. The van der Waals surface area contributed by atoms with Crippen LogP contribution in [0.5, 0.6) is 0 Å². The zero-order valence-corrected chi connectivity index (χ0v) is 20.6. The van der Waals surface area contributed by atoms with E-state index in [0.717, 1.165) is 5.56 Å². The molecule has 0 saturated heterocycles. The number of para-hydroxylation sites is 1. The lowest BCUT2D eigenvalue weighted by molar-refractivity contribution is -0.138. The van der Waals surface area contributed by atoms with Gasteiger partial charge in [0.2, 0.25) is 11.8 Å². The molecule has 3 rings (SSSR count). The smallest absolute Gasteiger partial charge is 0.245 e. The van der Waals surface area contributed by atoms with E-state index < -0.39 is 0 Å². The summed E-state index contributed by atoms with van der Waals surface area (Å²) in [5, 5.41) is 8.15. The van der Waals surface area contributed by atoms with Crippen molar-refractivity contribution >= 4 is 29.2 Å². The second kappa shape index (κ2) is 10.2. The van der Waals surface area contributed by atoms with E-state index in [0.29, 0.717) is 28.6 Å². The monoisotopic (exact) mass is 466 g/mol. The number of nitrogens with one attached hydrogen (secondary N) is 1. The van der Waals surface area contributed by atoms with Crippen LogP contribution in [0, 0.1) is 5.41 Å². The molecule has 0 aliphatic carbocycles. The summed E-state index contributed by atoms with van der Waals surface area (Å²) < 4.78 is 1.62. The summed E-state index contributed by atoms with van der Waals surface area (Å²) in [4.78, 5) is 27.5. The third-order valence-electron chi connectivity index (χ3n) is 5.07. The van der Waals surface area contributed by atoms with E-state index in [4.69, 9.17) is 16.7 Å². The Morgan fingerprint density at radius 2 is 1.70 bits per heavy atom. The minimum absolute atomic E-state index is 0.0407. The first-order valence-corrected chi connectivity index (χ1v) is 11.4. The number of benzene rings is 2. The van der Waals surface area contributed by atoms with Crippen molar-refractivity contribution in [3.05, 3.63) is 65.7 Å². The highest BCUT2D eigenvalue weighted by Gasteiger charge is 2.25. The molecule has 6 nitrogen and oxygen atoms in total. The zero-order valence-electron chi connectivity index (χ0n) is 19.8. The standard InChI is InChI=1S/C26H31ClN4O2/c1-18(2)30(25(33)16-26(3,4)5)17-24(32)28-23-15-21(19-11-7-6-8-12-19)29-31(23)22-14-10-9-13-20(22)27/h6-15,18H,16-17H2,1-5H3,(H,28,32). The van der Waals surface area contributed by atoms with Gasteiger partial charge < -0.3 is 10.2 Å². The number of aromatic nitrogens is 2. The number of rotatable bonds is 7. The summed E-state index contributed by atoms with van der Waals surface area (Å²) in [6, 6.07) is 18.7. The van der Waals surface area contributed by atoms with Gasteiger partial charge in [0, 0.05) is 24.1 Å². The van der Waals surface area contributed by atoms with Crippen LogP contribution in [0.25, 0.3) is 16.9 Å².